The van der Waals surface area contributed by atoms with E-state index in [1.54, 1.807) is 6.92 Å². The molecular formula is C14H19BN4O9P+. The monoisotopic (exact) mass is 429 g/mol. The summed E-state index contributed by atoms with van der Waals surface area (Å²) >= 11 is 0. The first kappa shape index (κ1) is 21.6. The highest BCUT2D eigenvalue weighted by atomic mass is 31.2. The third kappa shape index (κ3) is 5.10. The second-order valence-electron chi connectivity index (χ2n) is 6.18. The van der Waals surface area contributed by atoms with E-state index in [2.05, 4.69) is 19.7 Å². The van der Waals surface area contributed by atoms with Crippen molar-refractivity contribution >= 4 is 32.5 Å². The smallest absolute Gasteiger partial charge is 0.434 e. The van der Waals surface area contributed by atoms with Crippen LogP contribution in [0.2, 0.25) is 0 Å². The molecule has 1 fully saturated rings. The molecule has 2 radical (unpaired) electrons. The van der Waals surface area contributed by atoms with Gasteiger partial charge in [-0.1, -0.05) is 0 Å². The molecule has 0 aromatic carbocycles. The van der Waals surface area contributed by atoms with Gasteiger partial charge in [-0.3, -0.25) is 24.1 Å². The predicted molar refractivity (Wildman–Crippen MR) is 98.9 cm³/mol. The maximum absolute atomic E-state index is 11.9. The van der Waals surface area contributed by atoms with Crippen molar-refractivity contribution in [3.05, 3.63) is 27.2 Å². The molecule has 0 spiro atoms. The summed E-state index contributed by atoms with van der Waals surface area (Å²) in [5, 5.41) is 10.6. The summed E-state index contributed by atoms with van der Waals surface area (Å²) in [6, 6.07) is 0. The molecule has 0 amide bonds. The number of ether oxygens (including phenoxy) is 2. The van der Waals surface area contributed by atoms with Crippen LogP contribution in [0.25, 0.3) is 11.2 Å². The number of esters is 1. The summed E-state index contributed by atoms with van der Waals surface area (Å²) in [6.45, 7) is 1.91. The Morgan fingerprint density at radius 2 is 2.14 bits per heavy atom. The molecule has 1 aliphatic rings. The van der Waals surface area contributed by atoms with E-state index >= 15 is 0 Å². The van der Waals surface area contributed by atoms with Gasteiger partial charge in [0.2, 0.25) is 6.79 Å². The number of carbonyl (C=O) groups excluding carboxylic acids is 1. The minimum absolute atomic E-state index is 0.0320. The van der Waals surface area contributed by atoms with Crippen molar-refractivity contribution in [2.75, 3.05) is 20.0 Å². The molecule has 15 heteroatoms. The van der Waals surface area contributed by atoms with Crippen molar-refractivity contribution < 1.29 is 32.9 Å². The van der Waals surface area contributed by atoms with Crippen LogP contribution < -0.4 is 11.2 Å². The number of nitrogens with zero attached hydrogens (tertiary/aromatic N) is 2. The van der Waals surface area contributed by atoms with Crippen molar-refractivity contribution in [3.63, 3.8) is 0 Å². The molecule has 1 aliphatic heterocycles. The molecule has 3 heterocycles. The lowest BCUT2D eigenvalue weighted by Gasteiger charge is -2.25. The van der Waals surface area contributed by atoms with Gasteiger partial charge in [0.1, 0.15) is 25.0 Å². The summed E-state index contributed by atoms with van der Waals surface area (Å²) in [5.74, 6) is -0.575. The molecule has 0 aliphatic carbocycles. The van der Waals surface area contributed by atoms with Crippen molar-refractivity contribution in [1.29, 1.82) is 0 Å². The van der Waals surface area contributed by atoms with Crippen LogP contribution in [0.4, 0.5) is 0 Å². The zero-order chi connectivity index (χ0) is 21.2. The zero-order valence-corrected chi connectivity index (χ0v) is 16.5. The fourth-order valence-corrected chi connectivity index (χ4v) is 3.73. The molecule has 1 unspecified atom stereocenters. The number of fused-ring (bicyclic) bond motifs is 1. The number of rotatable bonds is 4. The highest BCUT2D eigenvalue weighted by molar-refractivity contribution is 7.85. The average molecular weight is 429 g/mol. The van der Waals surface area contributed by atoms with E-state index in [0.717, 1.165) is 0 Å². The second-order valence-corrected chi connectivity index (χ2v) is 8.03. The molecule has 1 saturated heterocycles. The number of aromatic amines is 2. The molecule has 0 bridgehead atoms. The Balaban J connectivity index is 1.85. The Labute approximate surface area is 165 Å². The average Bonchev–Trinajstić information content (AvgIpc) is 3.07. The lowest BCUT2D eigenvalue weighted by molar-refractivity contribution is -0.148. The quantitative estimate of drug-likeness (QED) is 0.240. The van der Waals surface area contributed by atoms with Crippen molar-refractivity contribution in [2.45, 2.75) is 32.3 Å². The number of aliphatic hydroxyl groups is 1. The Bertz CT molecular complexity index is 993. The molecule has 2 aromatic heterocycles. The van der Waals surface area contributed by atoms with Crippen LogP contribution in [0.3, 0.4) is 0 Å². The van der Waals surface area contributed by atoms with Gasteiger partial charge in [-0.2, -0.15) is 13.6 Å². The number of carbonyl (C=O) groups is 1. The van der Waals surface area contributed by atoms with Gasteiger partial charge >= 0.3 is 27.0 Å². The normalized spacial score (nSPS) is 28.4. The van der Waals surface area contributed by atoms with Crippen LogP contribution in [0.15, 0.2) is 15.9 Å². The van der Waals surface area contributed by atoms with E-state index in [4.69, 9.17) is 25.9 Å². The van der Waals surface area contributed by atoms with Crippen molar-refractivity contribution in [3.8, 4) is 0 Å². The first-order valence-corrected chi connectivity index (χ1v) is 10.1. The van der Waals surface area contributed by atoms with E-state index in [-0.39, 0.29) is 24.4 Å². The third-order valence-corrected chi connectivity index (χ3v) is 5.34. The van der Waals surface area contributed by atoms with Crippen LogP contribution in [0.5, 0.6) is 0 Å². The highest BCUT2D eigenvalue weighted by Crippen LogP contribution is 2.58. The number of hydrogen-bond acceptors (Lipinski definition) is 10. The first-order valence-electron chi connectivity index (χ1n) is 8.46. The third-order valence-electron chi connectivity index (χ3n) is 3.85. The lowest BCUT2D eigenvalue weighted by atomic mass is 10.3. The lowest BCUT2D eigenvalue weighted by Crippen LogP contribution is -2.33. The SMILES string of the molecule is [B][P+]1(OCOC(C)=O)OC[C@H](C)O[C@@H](n2cnc3c(=O)[nH]c(=O)[nH]c32)[C@@H](O)CO1. The number of aliphatic hydroxyl groups excluding tert-OH is 1. The van der Waals surface area contributed by atoms with E-state index in [0.29, 0.717) is 0 Å². The first-order chi connectivity index (χ1) is 13.7. The Morgan fingerprint density at radius 3 is 2.86 bits per heavy atom. The van der Waals surface area contributed by atoms with E-state index in [9.17, 15) is 19.5 Å². The molecular weight excluding hydrogens is 410 g/mol. The van der Waals surface area contributed by atoms with Crippen LogP contribution in [0, 0.1) is 0 Å². The van der Waals surface area contributed by atoms with Crippen LogP contribution >= 0.6 is 7.82 Å². The Kier molecular flexibility index (Phi) is 6.51. The molecule has 156 valence electrons. The van der Waals surface area contributed by atoms with Gasteiger partial charge in [0.15, 0.2) is 11.7 Å². The molecule has 13 nitrogen and oxygen atoms in total. The standard InChI is InChI=1S/C14H19BN4O9P/c1-7-3-25-29(15,27-6-24-8(2)20)26-4-9(21)13(28-7)19-5-16-10-11(19)17-14(23)18-12(10)22/h5,7,9,13,21H,3-4,6H2,1-2H3,(H2,17,18,22,23)/q+1/t7-,9-,13+,29?/m0/s1. The van der Waals surface area contributed by atoms with Gasteiger partial charge in [-0.15, -0.1) is 0 Å². The summed E-state index contributed by atoms with van der Waals surface area (Å²) in [5.41, 5.74) is -1.38. The second kappa shape index (κ2) is 8.73. The van der Waals surface area contributed by atoms with Gasteiger partial charge in [0.25, 0.3) is 5.56 Å². The summed E-state index contributed by atoms with van der Waals surface area (Å²) in [6.07, 6.45) is -1.75. The number of hydrogen-bond donors (Lipinski definition) is 3. The van der Waals surface area contributed by atoms with Gasteiger partial charge < -0.3 is 14.6 Å². The van der Waals surface area contributed by atoms with Crippen molar-refractivity contribution in [1.82, 2.24) is 19.5 Å². The number of nitrogens with one attached hydrogen (secondary N) is 2. The Morgan fingerprint density at radius 1 is 1.41 bits per heavy atom. The van der Waals surface area contributed by atoms with E-state index < -0.39 is 50.3 Å². The topological polar surface area (TPSA) is 167 Å². The summed E-state index contributed by atoms with van der Waals surface area (Å²) < 4.78 is 27.9. The minimum atomic E-state index is -3.42. The largest absolute Gasteiger partial charge is 0.488 e. The highest BCUT2D eigenvalue weighted by Gasteiger charge is 2.43. The van der Waals surface area contributed by atoms with Gasteiger partial charge in [0, 0.05) is 6.92 Å². The predicted octanol–water partition coefficient (Wildman–Crippen LogP) is -0.892. The van der Waals surface area contributed by atoms with Gasteiger partial charge in [0.05, 0.1) is 12.4 Å². The van der Waals surface area contributed by atoms with Crippen LogP contribution in [-0.4, -0.2) is 70.4 Å². The maximum Gasteiger partial charge on any atom is 0.488 e. The summed E-state index contributed by atoms with van der Waals surface area (Å²) in [4.78, 5) is 42.9. The van der Waals surface area contributed by atoms with Crippen molar-refractivity contribution in [2.24, 2.45) is 0 Å². The molecule has 0 saturated carbocycles. The molecule has 3 N–H and O–H groups in total. The summed E-state index contributed by atoms with van der Waals surface area (Å²) in [7, 11) is 2.56. The molecule has 3 rings (SSSR count). The zero-order valence-electron chi connectivity index (χ0n) is 15.6. The molecule has 29 heavy (non-hydrogen) atoms. The van der Waals surface area contributed by atoms with Crippen LogP contribution in [-0.2, 0) is 27.8 Å². The number of H-pyrrole nitrogens is 2. The van der Waals surface area contributed by atoms with E-state index in [1.807, 2.05) is 0 Å². The maximum atomic E-state index is 11.9. The molecule has 2 aromatic rings. The fourth-order valence-electron chi connectivity index (χ4n) is 2.53. The van der Waals surface area contributed by atoms with Crippen LogP contribution in [0.1, 0.15) is 20.1 Å². The Hall–Kier alpha value is -2.09. The van der Waals surface area contributed by atoms with Gasteiger partial charge in [-0.05, 0) is 6.92 Å². The van der Waals surface area contributed by atoms with E-state index in [1.165, 1.54) is 17.8 Å². The number of aromatic nitrogens is 4. The fraction of sp³-hybridized carbons (Fsp3) is 0.571. The molecule has 4 atom stereocenters. The van der Waals surface area contributed by atoms with Gasteiger partial charge in [-0.25, -0.2) is 9.78 Å². The number of imidazole rings is 1. The minimum Gasteiger partial charge on any atom is -0.434 e.